The van der Waals surface area contributed by atoms with E-state index in [0.29, 0.717) is 5.92 Å². The monoisotopic (exact) mass is 462 g/mol. The average molecular weight is 463 g/mol. The van der Waals surface area contributed by atoms with E-state index in [1.807, 2.05) is 0 Å². The van der Waals surface area contributed by atoms with Crippen LogP contribution in [0.2, 0.25) is 6.04 Å². The summed E-state index contributed by atoms with van der Waals surface area (Å²) >= 11 is 0. The quantitative estimate of drug-likeness (QED) is 0.232. The zero-order chi connectivity index (χ0) is 23.2. The molecule has 0 spiro atoms. The van der Waals surface area contributed by atoms with Crippen LogP contribution in [0.4, 0.5) is 0 Å². The van der Waals surface area contributed by atoms with E-state index in [-0.39, 0.29) is 0 Å². The van der Waals surface area contributed by atoms with E-state index in [9.17, 15) is 0 Å². The van der Waals surface area contributed by atoms with Crippen molar-refractivity contribution < 1.29 is 0 Å². The number of rotatable bonds is 11. The lowest BCUT2D eigenvalue weighted by Gasteiger charge is -2.37. The molecule has 0 saturated carbocycles. The largest absolute Gasteiger partial charge is 0.149 e. The molecule has 3 aliphatic carbocycles. The number of hydrogen-bond acceptors (Lipinski definition) is 0. The van der Waals surface area contributed by atoms with Gasteiger partial charge in [-0.05, 0) is 44.7 Å². The third-order valence-corrected chi connectivity index (χ3v) is 13.2. The minimum absolute atomic E-state index is 0.446. The van der Waals surface area contributed by atoms with E-state index in [1.54, 1.807) is 21.2 Å². The highest BCUT2D eigenvalue weighted by Gasteiger charge is 2.46. The van der Waals surface area contributed by atoms with Crippen molar-refractivity contribution in [2.75, 3.05) is 0 Å². The first-order valence-electron chi connectivity index (χ1n) is 13.5. The summed E-state index contributed by atoms with van der Waals surface area (Å²) in [4.78, 5) is 0. The highest BCUT2D eigenvalue weighted by atomic mass is 28.3. The van der Waals surface area contributed by atoms with Crippen LogP contribution in [-0.2, 0) is 6.42 Å². The standard InChI is InChI=1S/C33H38Si/c1-2-3-4-5-6-7-15-26-34(29-18-9-8-10-19-29,32-24-22-27-16-11-13-20-30(27)32)33-25-23-28-17-12-14-21-31(28)33/h8-14,16-22,24-25,27H,2-7,15,23,26H2,1H3. The van der Waals surface area contributed by atoms with Crippen LogP contribution in [0.3, 0.4) is 0 Å². The van der Waals surface area contributed by atoms with E-state index in [1.165, 1.54) is 62.1 Å². The molecular weight excluding hydrogens is 424 g/mol. The van der Waals surface area contributed by atoms with Crippen molar-refractivity contribution in [2.45, 2.75) is 64.3 Å². The molecule has 1 heteroatoms. The minimum Gasteiger partial charge on any atom is -0.0795 e. The molecule has 2 aromatic rings. The van der Waals surface area contributed by atoms with Crippen molar-refractivity contribution in [3.05, 3.63) is 119 Å². The van der Waals surface area contributed by atoms with E-state index in [2.05, 4.69) is 104 Å². The van der Waals surface area contributed by atoms with Crippen molar-refractivity contribution in [2.24, 2.45) is 5.92 Å². The lowest BCUT2D eigenvalue weighted by molar-refractivity contribution is 0.601. The van der Waals surface area contributed by atoms with Crippen LogP contribution in [0.25, 0.3) is 5.20 Å². The summed E-state index contributed by atoms with van der Waals surface area (Å²) in [5.74, 6) is 0.446. The van der Waals surface area contributed by atoms with Crippen molar-refractivity contribution in [1.82, 2.24) is 0 Å². The second-order valence-corrected chi connectivity index (χ2v) is 14.1. The van der Waals surface area contributed by atoms with Crippen LogP contribution in [-0.4, -0.2) is 8.07 Å². The number of hydrogen-bond donors (Lipinski definition) is 0. The molecule has 0 aromatic heterocycles. The summed E-state index contributed by atoms with van der Waals surface area (Å²) in [6.45, 7) is 2.30. The molecule has 2 aromatic carbocycles. The Bertz CT molecular complexity index is 1140. The third-order valence-electron chi connectivity index (χ3n) is 8.02. The molecule has 34 heavy (non-hydrogen) atoms. The Hall–Kier alpha value is -2.64. The number of unbranched alkanes of at least 4 members (excludes halogenated alkanes) is 6. The first kappa shape index (κ1) is 23.1. The molecule has 0 radical (unpaired) electrons. The van der Waals surface area contributed by atoms with E-state index in [0.717, 1.165) is 6.42 Å². The highest BCUT2D eigenvalue weighted by molar-refractivity contribution is 7.11. The second-order valence-electron chi connectivity index (χ2n) is 10.1. The molecule has 0 fully saturated rings. The first-order chi connectivity index (χ1) is 16.8. The summed E-state index contributed by atoms with van der Waals surface area (Å²) in [6.07, 6.45) is 27.4. The molecule has 0 aliphatic heterocycles. The molecule has 2 unspecified atom stereocenters. The Labute approximate surface area is 207 Å². The normalized spacial score (nSPS) is 19.8. The van der Waals surface area contributed by atoms with E-state index in [4.69, 9.17) is 0 Å². The number of fused-ring (bicyclic) bond motifs is 2. The summed E-state index contributed by atoms with van der Waals surface area (Å²) < 4.78 is 0. The van der Waals surface area contributed by atoms with Crippen molar-refractivity contribution in [3.63, 3.8) is 0 Å². The predicted octanol–water partition coefficient (Wildman–Crippen LogP) is 8.42. The fraction of sp³-hybridized carbons (Fsp3) is 0.333. The number of allylic oxidation sites excluding steroid dienone is 9. The third kappa shape index (κ3) is 4.39. The van der Waals surface area contributed by atoms with Gasteiger partial charge in [-0.25, -0.2) is 0 Å². The smallest absolute Gasteiger partial charge is 0.0795 e. The molecular formula is C33H38Si. The summed E-state index contributed by atoms with van der Waals surface area (Å²) in [7, 11) is -2.17. The molecule has 0 amide bonds. The van der Waals surface area contributed by atoms with Gasteiger partial charge in [0.2, 0.25) is 0 Å². The average Bonchev–Trinajstić information content (AvgIpc) is 3.52. The lowest BCUT2D eigenvalue weighted by atomic mass is 9.98. The van der Waals surface area contributed by atoms with Gasteiger partial charge < -0.3 is 0 Å². The fourth-order valence-corrected chi connectivity index (χ4v) is 11.9. The van der Waals surface area contributed by atoms with Gasteiger partial charge in [0.05, 0.1) is 0 Å². The first-order valence-corrected chi connectivity index (χ1v) is 15.7. The Morgan fingerprint density at radius 1 is 0.765 bits per heavy atom. The van der Waals surface area contributed by atoms with Gasteiger partial charge in [0.25, 0.3) is 0 Å². The van der Waals surface area contributed by atoms with Crippen LogP contribution in [0, 0.1) is 5.92 Å². The summed E-state index contributed by atoms with van der Waals surface area (Å²) in [5, 5.41) is 4.90. The van der Waals surface area contributed by atoms with Crippen LogP contribution < -0.4 is 5.19 Å². The highest BCUT2D eigenvalue weighted by Crippen LogP contribution is 2.46. The molecule has 0 bridgehead atoms. The maximum atomic E-state index is 2.60. The van der Waals surface area contributed by atoms with Gasteiger partial charge >= 0.3 is 0 Å². The van der Waals surface area contributed by atoms with E-state index >= 15 is 0 Å². The minimum atomic E-state index is -2.17. The van der Waals surface area contributed by atoms with Gasteiger partial charge in [-0.2, -0.15) is 0 Å². The zero-order valence-corrected chi connectivity index (χ0v) is 21.7. The molecule has 0 saturated heterocycles. The molecule has 174 valence electrons. The molecule has 5 rings (SSSR count). The van der Waals surface area contributed by atoms with Gasteiger partial charge in [0, 0.05) is 5.92 Å². The summed E-state index contributed by atoms with van der Waals surface area (Å²) in [6, 6.07) is 22.1. The molecule has 0 heterocycles. The Balaban J connectivity index is 1.57. The van der Waals surface area contributed by atoms with E-state index < -0.39 is 8.07 Å². The topological polar surface area (TPSA) is 0 Å². The van der Waals surface area contributed by atoms with Gasteiger partial charge in [0.1, 0.15) is 8.07 Å². The van der Waals surface area contributed by atoms with Crippen molar-refractivity contribution in [1.29, 1.82) is 0 Å². The van der Waals surface area contributed by atoms with Crippen LogP contribution in [0.15, 0.2) is 108 Å². The SMILES string of the molecule is CCCCCCCCC[Si](C1=CCc2ccccc21)(C1=C2C=CC=CC2C=C1)c1ccccc1. The zero-order valence-electron chi connectivity index (χ0n) is 20.7. The maximum Gasteiger partial charge on any atom is 0.149 e. The van der Waals surface area contributed by atoms with Crippen LogP contribution in [0.5, 0.6) is 0 Å². The Morgan fingerprint density at radius 3 is 2.38 bits per heavy atom. The molecule has 0 N–H and O–H groups in total. The molecule has 2 atom stereocenters. The van der Waals surface area contributed by atoms with Crippen molar-refractivity contribution >= 4 is 18.5 Å². The predicted molar refractivity (Wildman–Crippen MR) is 151 cm³/mol. The van der Waals surface area contributed by atoms with Gasteiger partial charge in [-0.1, -0.05) is 149 Å². The maximum absolute atomic E-state index is 2.60. The molecule has 0 nitrogen and oxygen atoms in total. The van der Waals surface area contributed by atoms with Gasteiger partial charge in [-0.15, -0.1) is 0 Å². The lowest BCUT2D eigenvalue weighted by Crippen LogP contribution is -2.51. The molecule has 3 aliphatic rings. The second kappa shape index (κ2) is 10.7. The Kier molecular flexibility index (Phi) is 7.30. The van der Waals surface area contributed by atoms with Crippen LogP contribution in [0.1, 0.15) is 63.0 Å². The summed E-state index contributed by atoms with van der Waals surface area (Å²) in [5.41, 5.74) is 4.57. The van der Waals surface area contributed by atoms with Crippen molar-refractivity contribution in [3.8, 4) is 0 Å². The van der Waals surface area contributed by atoms with Crippen LogP contribution >= 0.6 is 0 Å². The van der Waals surface area contributed by atoms with Gasteiger partial charge in [-0.3, -0.25) is 0 Å². The fourth-order valence-electron chi connectivity index (χ4n) is 6.31. The Morgan fingerprint density at radius 2 is 1.53 bits per heavy atom. The number of benzene rings is 2. The van der Waals surface area contributed by atoms with Gasteiger partial charge in [0.15, 0.2) is 0 Å².